The van der Waals surface area contributed by atoms with Crippen molar-refractivity contribution in [1.29, 1.82) is 0 Å². The van der Waals surface area contributed by atoms with E-state index in [1.165, 1.54) is 17.5 Å². The van der Waals surface area contributed by atoms with Crippen LogP contribution in [0.3, 0.4) is 0 Å². The number of rotatable bonds is 5. The minimum atomic E-state index is -0.635. The quantitative estimate of drug-likeness (QED) is 0.745. The summed E-state index contributed by atoms with van der Waals surface area (Å²) in [6.07, 6.45) is 4.81. The zero-order valence-corrected chi connectivity index (χ0v) is 14.0. The number of nitrogens with one attached hydrogen (secondary N) is 1. The van der Waals surface area contributed by atoms with Crippen molar-refractivity contribution >= 4 is 33.1 Å². The molecule has 124 valence electrons. The third-order valence-corrected chi connectivity index (χ3v) is 4.66. The summed E-state index contributed by atoms with van der Waals surface area (Å²) in [5.41, 5.74) is -0.245. The number of fused-ring (bicyclic) bond motifs is 1. The molecule has 3 aromatic heterocycles. The van der Waals surface area contributed by atoms with Gasteiger partial charge in [-0.15, -0.1) is 11.3 Å². The third-order valence-electron chi connectivity index (χ3n) is 3.72. The first-order valence-electron chi connectivity index (χ1n) is 7.67. The normalized spacial score (nSPS) is 10.9. The number of hydrogen-bond donors (Lipinski definition) is 2. The van der Waals surface area contributed by atoms with Crippen LogP contribution in [0.5, 0.6) is 5.75 Å². The van der Waals surface area contributed by atoms with E-state index in [-0.39, 0.29) is 11.3 Å². The number of aryl methyl sites for hydroxylation is 1. The predicted molar refractivity (Wildman–Crippen MR) is 94.8 cm³/mol. The van der Waals surface area contributed by atoms with Gasteiger partial charge in [0.05, 0.1) is 17.3 Å². The highest BCUT2D eigenvalue weighted by Crippen LogP contribution is 2.30. The Morgan fingerprint density at radius 1 is 1.42 bits per heavy atom. The van der Waals surface area contributed by atoms with E-state index in [0.29, 0.717) is 22.4 Å². The van der Waals surface area contributed by atoms with Crippen molar-refractivity contribution in [1.82, 2.24) is 9.55 Å². The lowest BCUT2D eigenvalue weighted by molar-refractivity contribution is 0.102. The number of carbonyl (C=O) groups excluding carboxylic acids is 1. The van der Waals surface area contributed by atoms with Gasteiger partial charge in [-0.2, -0.15) is 0 Å². The van der Waals surface area contributed by atoms with Gasteiger partial charge in [-0.1, -0.05) is 13.3 Å². The van der Waals surface area contributed by atoms with E-state index in [0.717, 1.165) is 12.8 Å². The Kier molecular flexibility index (Phi) is 4.61. The Balaban J connectivity index is 2.09. The van der Waals surface area contributed by atoms with Crippen LogP contribution in [-0.2, 0) is 6.54 Å². The number of carbonyl (C=O) groups is 1. The molecule has 0 radical (unpaired) electrons. The van der Waals surface area contributed by atoms with E-state index >= 15 is 0 Å². The van der Waals surface area contributed by atoms with Crippen LogP contribution < -0.4 is 10.9 Å². The van der Waals surface area contributed by atoms with Gasteiger partial charge in [0.15, 0.2) is 0 Å². The van der Waals surface area contributed by atoms with E-state index in [9.17, 15) is 14.7 Å². The summed E-state index contributed by atoms with van der Waals surface area (Å²) in [7, 11) is 0. The number of thiophene rings is 1. The molecule has 0 fully saturated rings. The molecule has 0 aliphatic carbocycles. The summed E-state index contributed by atoms with van der Waals surface area (Å²) < 4.78 is 1.57. The van der Waals surface area contributed by atoms with Gasteiger partial charge in [-0.25, -0.2) is 0 Å². The molecular weight excluding hydrogens is 326 g/mol. The van der Waals surface area contributed by atoms with E-state index < -0.39 is 11.5 Å². The fraction of sp³-hybridized carbons (Fsp3) is 0.235. The monoisotopic (exact) mass is 343 g/mol. The number of aromatic hydroxyl groups is 1. The topological polar surface area (TPSA) is 84.2 Å². The number of amides is 1. The smallest absolute Gasteiger partial charge is 0.268 e. The Hall–Kier alpha value is -2.67. The first kappa shape index (κ1) is 16.2. The number of anilines is 1. The van der Waals surface area contributed by atoms with Gasteiger partial charge in [-0.3, -0.25) is 19.1 Å². The molecule has 3 heterocycles. The molecule has 0 atom stereocenters. The minimum Gasteiger partial charge on any atom is -0.506 e. The van der Waals surface area contributed by atoms with Crippen LogP contribution in [0.25, 0.3) is 10.2 Å². The largest absolute Gasteiger partial charge is 0.506 e. The zero-order valence-electron chi connectivity index (χ0n) is 13.2. The third kappa shape index (κ3) is 2.90. The molecule has 0 spiro atoms. The van der Waals surface area contributed by atoms with Gasteiger partial charge >= 0.3 is 0 Å². The molecule has 6 nitrogen and oxygen atoms in total. The molecule has 3 aromatic rings. The minimum absolute atomic E-state index is 0.235. The number of aromatic nitrogens is 2. The SMILES string of the molecule is CCCCn1c(=O)c(C(=O)Nc2cccnc2)c(O)c2ccsc21. The lowest BCUT2D eigenvalue weighted by Crippen LogP contribution is -2.29. The highest BCUT2D eigenvalue weighted by molar-refractivity contribution is 7.16. The maximum absolute atomic E-state index is 12.8. The first-order valence-corrected chi connectivity index (χ1v) is 8.55. The molecule has 0 saturated heterocycles. The highest BCUT2D eigenvalue weighted by Gasteiger charge is 2.22. The lowest BCUT2D eigenvalue weighted by atomic mass is 10.1. The summed E-state index contributed by atoms with van der Waals surface area (Å²) in [5.74, 6) is -0.908. The van der Waals surface area contributed by atoms with Crippen molar-refractivity contribution in [3.63, 3.8) is 0 Å². The van der Waals surface area contributed by atoms with Gasteiger partial charge in [0.2, 0.25) is 0 Å². The van der Waals surface area contributed by atoms with Crippen LogP contribution in [0.15, 0.2) is 40.8 Å². The van der Waals surface area contributed by atoms with E-state index in [1.807, 2.05) is 6.92 Å². The Morgan fingerprint density at radius 2 is 2.25 bits per heavy atom. The molecule has 0 bridgehead atoms. The standard InChI is InChI=1S/C17H17N3O3S/c1-2-3-8-20-16(23)13(14(21)12-6-9-24-17(12)20)15(22)19-11-5-4-7-18-10-11/h4-7,9-10,21H,2-3,8H2,1H3,(H,19,22). The fourth-order valence-electron chi connectivity index (χ4n) is 2.51. The number of hydrogen-bond acceptors (Lipinski definition) is 5. The Bertz CT molecular complexity index is 931. The zero-order chi connectivity index (χ0) is 17.1. The molecule has 24 heavy (non-hydrogen) atoms. The van der Waals surface area contributed by atoms with Crippen LogP contribution >= 0.6 is 11.3 Å². The second-order valence-corrected chi connectivity index (χ2v) is 6.26. The van der Waals surface area contributed by atoms with Crippen LogP contribution in [0, 0.1) is 0 Å². The second kappa shape index (κ2) is 6.84. The van der Waals surface area contributed by atoms with Crippen LogP contribution in [-0.4, -0.2) is 20.6 Å². The molecule has 3 rings (SSSR count). The van der Waals surface area contributed by atoms with Gasteiger partial charge < -0.3 is 10.4 Å². The molecule has 0 aliphatic heterocycles. The maximum Gasteiger partial charge on any atom is 0.268 e. The maximum atomic E-state index is 12.8. The van der Waals surface area contributed by atoms with Crippen molar-refractivity contribution in [2.45, 2.75) is 26.3 Å². The molecule has 0 aliphatic rings. The highest BCUT2D eigenvalue weighted by atomic mass is 32.1. The van der Waals surface area contributed by atoms with Crippen LogP contribution in [0.2, 0.25) is 0 Å². The second-order valence-electron chi connectivity index (χ2n) is 5.37. The Morgan fingerprint density at radius 3 is 2.96 bits per heavy atom. The summed E-state index contributed by atoms with van der Waals surface area (Å²) in [4.78, 5) is 29.9. The van der Waals surface area contributed by atoms with Gasteiger partial charge in [0.1, 0.15) is 16.1 Å². The molecule has 0 unspecified atom stereocenters. The lowest BCUT2D eigenvalue weighted by Gasteiger charge is -2.12. The number of nitrogens with zero attached hydrogens (tertiary/aromatic N) is 2. The van der Waals surface area contributed by atoms with Crippen molar-refractivity contribution < 1.29 is 9.90 Å². The van der Waals surface area contributed by atoms with E-state index in [1.54, 1.807) is 34.3 Å². The summed E-state index contributed by atoms with van der Waals surface area (Å²) in [6, 6.07) is 5.07. The molecule has 7 heteroatoms. The summed E-state index contributed by atoms with van der Waals surface area (Å²) in [6.45, 7) is 2.55. The average molecular weight is 343 g/mol. The molecule has 0 aromatic carbocycles. The van der Waals surface area contributed by atoms with Gasteiger partial charge in [0.25, 0.3) is 11.5 Å². The van der Waals surface area contributed by atoms with Crippen LogP contribution in [0.4, 0.5) is 5.69 Å². The molecular formula is C17H17N3O3S. The average Bonchev–Trinajstić information content (AvgIpc) is 3.05. The van der Waals surface area contributed by atoms with Crippen molar-refractivity contribution in [2.24, 2.45) is 0 Å². The first-order chi connectivity index (χ1) is 11.6. The molecule has 2 N–H and O–H groups in total. The van der Waals surface area contributed by atoms with Crippen molar-refractivity contribution in [3.05, 3.63) is 51.9 Å². The molecule has 0 saturated carbocycles. The predicted octanol–water partition coefficient (Wildman–Crippen LogP) is 3.22. The van der Waals surface area contributed by atoms with E-state index in [4.69, 9.17) is 0 Å². The Labute approximate surface area is 142 Å². The van der Waals surface area contributed by atoms with Crippen LogP contribution in [0.1, 0.15) is 30.1 Å². The van der Waals surface area contributed by atoms with Gasteiger partial charge in [-0.05, 0) is 30.0 Å². The summed E-state index contributed by atoms with van der Waals surface area (Å²) in [5, 5.41) is 15.4. The number of pyridine rings is 2. The molecule has 1 amide bonds. The van der Waals surface area contributed by atoms with Crippen molar-refractivity contribution in [3.8, 4) is 5.75 Å². The van der Waals surface area contributed by atoms with Gasteiger partial charge in [0, 0.05) is 12.7 Å². The van der Waals surface area contributed by atoms with Crippen molar-refractivity contribution in [2.75, 3.05) is 5.32 Å². The number of unbranched alkanes of at least 4 members (excludes halogenated alkanes) is 1. The van der Waals surface area contributed by atoms with E-state index in [2.05, 4.69) is 10.3 Å². The summed E-state index contributed by atoms with van der Waals surface area (Å²) >= 11 is 1.38. The fourth-order valence-corrected chi connectivity index (χ4v) is 3.43.